The molecule has 0 aliphatic carbocycles. The minimum atomic E-state index is -0.358. The highest BCUT2D eigenvalue weighted by Crippen LogP contribution is 2.43. The maximum absolute atomic E-state index is 9.87. The second-order valence-corrected chi connectivity index (χ2v) is 10.2. The maximum Gasteiger partial charge on any atom is 0.205 e. The van der Waals surface area contributed by atoms with Crippen molar-refractivity contribution in [2.24, 2.45) is 5.73 Å². The highest BCUT2D eigenvalue weighted by atomic mass is 79.9. The molecule has 184 valence electrons. The molecule has 7 heteroatoms. The summed E-state index contributed by atoms with van der Waals surface area (Å²) >= 11 is 7.10. The fraction of sp³-hybridized carbons (Fsp3) is 0.100. The Hall–Kier alpha value is -3.73. The zero-order valence-electron chi connectivity index (χ0n) is 19.7. The Morgan fingerprint density at radius 2 is 1.35 bits per heavy atom. The lowest BCUT2D eigenvalue weighted by atomic mass is 9.83. The molecule has 0 fully saturated rings. The van der Waals surface area contributed by atoms with Crippen molar-refractivity contribution < 1.29 is 14.2 Å². The van der Waals surface area contributed by atoms with Crippen LogP contribution in [0.2, 0.25) is 0 Å². The van der Waals surface area contributed by atoms with Crippen LogP contribution in [-0.4, -0.2) is 0 Å². The van der Waals surface area contributed by atoms with E-state index in [1.54, 1.807) is 0 Å². The van der Waals surface area contributed by atoms with Crippen LogP contribution in [0, 0.1) is 11.3 Å². The first-order valence-electron chi connectivity index (χ1n) is 11.6. The molecule has 5 rings (SSSR count). The first kappa shape index (κ1) is 24.9. The molecule has 1 heterocycles. The lowest BCUT2D eigenvalue weighted by Crippen LogP contribution is -2.21. The van der Waals surface area contributed by atoms with Crippen LogP contribution in [0.4, 0.5) is 0 Å². The summed E-state index contributed by atoms with van der Waals surface area (Å²) in [7, 11) is 0. The number of hydrogen-bond donors (Lipinski definition) is 1. The van der Waals surface area contributed by atoms with E-state index in [1.165, 1.54) is 0 Å². The van der Waals surface area contributed by atoms with Crippen molar-refractivity contribution in [2.45, 2.75) is 19.1 Å². The number of nitriles is 1. The summed E-state index contributed by atoms with van der Waals surface area (Å²) in [5.41, 5.74) is 10.4. The quantitative estimate of drug-likeness (QED) is 0.231. The Morgan fingerprint density at radius 1 is 0.784 bits per heavy atom. The maximum atomic E-state index is 9.87. The number of hydrogen-bond acceptors (Lipinski definition) is 5. The fourth-order valence-electron chi connectivity index (χ4n) is 4.18. The highest BCUT2D eigenvalue weighted by Gasteiger charge is 2.31. The third-order valence-corrected chi connectivity index (χ3v) is 7.66. The number of nitrogens with two attached hydrogens (primary N) is 1. The molecule has 4 aromatic rings. The van der Waals surface area contributed by atoms with Crippen LogP contribution in [0.15, 0.2) is 111 Å². The summed E-state index contributed by atoms with van der Waals surface area (Å²) in [5, 5.41) is 9.87. The van der Waals surface area contributed by atoms with Crippen LogP contribution in [0.1, 0.15) is 28.2 Å². The van der Waals surface area contributed by atoms with Gasteiger partial charge in [0, 0.05) is 31.7 Å². The lowest BCUT2D eigenvalue weighted by Gasteiger charge is -2.27. The molecule has 5 nitrogen and oxygen atoms in total. The zero-order valence-corrected chi connectivity index (χ0v) is 22.8. The Bertz CT molecular complexity index is 1510. The normalized spacial score (nSPS) is 14.4. The molecule has 1 atom stereocenters. The number of halogens is 2. The fourth-order valence-corrected chi connectivity index (χ4v) is 4.98. The van der Waals surface area contributed by atoms with Gasteiger partial charge in [-0.15, -0.1) is 0 Å². The van der Waals surface area contributed by atoms with Crippen molar-refractivity contribution in [3.05, 3.63) is 134 Å². The van der Waals surface area contributed by atoms with E-state index in [-0.39, 0.29) is 11.8 Å². The second-order valence-electron chi connectivity index (χ2n) is 8.45. The van der Waals surface area contributed by atoms with Crippen molar-refractivity contribution in [3.63, 3.8) is 0 Å². The highest BCUT2D eigenvalue weighted by molar-refractivity contribution is 9.10. The summed E-state index contributed by atoms with van der Waals surface area (Å²) in [6.07, 6.45) is 0. The molecule has 37 heavy (non-hydrogen) atoms. The van der Waals surface area contributed by atoms with Crippen molar-refractivity contribution in [1.82, 2.24) is 0 Å². The van der Waals surface area contributed by atoms with Crippen LogP contribution < -0.4 is 19.9 Å². The monoisotopic (exact) mass is 616 g/mol. The van der Waals surface area contributed by atoms with Crippen molar-refractivity contribution in [1.29, 1.82) is 5.26 Å². The predicted octanol–water partition coefficient (Wildman–Crippen LogP) is 7.59. The third kappa shape index (κ3) is 5.51. The number of nitrogens with zero attached hydrogens (tertiary/aromatic N) is 1. The summed E-state index contributed by atoms with van der Waals surface area (Å²) in [6, 6.07) is 31.4. The summed E-state index contributed by atoms with van der Waals surface area (Å²) < 4.78 is 19.8. The van der Waals surface area contributed by atoms with Crippen LogP contribution in [-0.2, 0) is 13.2 Å². The second kappa shape index (κ2) is 11.1. The van der Waals surface area contributed by atoms with Crippen LogP contribution in [0.3, 0.4) is 0 Å². The SMILES string of the molecule is N#CC1=C(N)Oc2cc(OCc3ccccc3Br)ccc2C1c1ccc(OCc2ccccc2Br)cc1. The molecular formula is C30H22Br2N2O3. The first-order valence-corrected chi connectivity index (χ1v) is 13.2. The van der Waals surface area contributed by atoms with E-state index >= 15 is 0 Å². The molecule has 0 spiro atoms. The molecule has 0 saturated heterocycles. The molecule has 0 bridgehead atoms. The minimum absolute atomic E-state index is 0.0946. The van der Waals surface area contributed by atoms with E-state index in [0.717, 1.165) is 36.9 Å². The molecule has 0 amide bonds. The van der Waals surface area contributed by atoms with Crippen LogP contribution in [0.5, 0.6) is 17.2 Å². The van der Waals surface area contributed by atoms with Crippen molar-refractivity contribution in [3.8, 4) is 23.3 Å². The first-order chi connectivity index (χ1) is 18.0. The van der Waals surface area contributed by atoms with Gasteiger partial charge in [0.05, 0.1) is 5.92 Å². The molecule has 0 aromatic heterocycles. The molecule has 4 aromatic carbocycles. The van der Waals surface area contributed by atoms with E-state index < -0.39 is 0 Å². The molecule has 2 N–H and O–H groups in total. The smallest absolute Gasteiger partial charge is 0.205 e. The van der Waals surface area contributed by atoms with Crippen LogP contribution in [0.25, 0.3) is 0 Å². The average Bonchev–Trinajstić information content (AvgIpc) is 2.91. The van der Waals surface area contributed by atoms with Gasteiger partial charge in [-0.1, -0.05) is 86.5 Å². The summed E-state index contributed by atoms with van der Waals surface area (Å²) in [5.74, 6) is 1.69. The van der Waals surface area contributed by atoms with Gasteiger partial charge in [-0.2, -0.15) is 5.26 Å². The van der Waals surface area contributed by atoms with Gasteiger partial charge in [0.1, 0.15) is 42.1 Å². The Morgan fingerprint density at radius 3 is 1.95 bits per heavy atom. The third-order valence-electron chi connectivity index (χ3n) is 6.11. The van der Waals surface area contributed by atoms with Gasteiger partial charge in [0.25, 0.3) is 0 Å². The molecule has 1 unspecified atom stereocenters. The van der Waals surface area contributed by atoms with E-state index in [9.17, 15) is 5.26 Å². The average molecular weight is 618 g/mol. The largest absolute Gasteiger partial charge is 0.489 e. The Labute approximate surface area is 232 Å². The standard InChI is InChI=1S/C30H22Br2N2O3/c31-26-7-3-1-5-20(26)17-35-22-11-9-19(10-12-22)29-24-14-13-23(15-28(24)37-30(34)25(29)16-33)36-18-21-6-2-4-8-27(21)32/h1-15,29H,17-18,34H2. The van der Waals surface area contributed by atoms with Gasteiger partial charge in [-0.25, -0.2) is 0 Å². The summed E-state index contributed by atoms with van der Waals surface area (Å²) in [6.45, 7) is 0.846. The molecule has 0 saturated carbocycles. The zero-order chi connectivity index (χ0) is 25.8. The number of fused-ring (bicyclic) bond motifs is 1. The van der Waals surface area contributed by atoms with Gasteiger partial charge in [-0.05, 0) is 35.9 Å². The topological polar surface area (TPSA) is 77.5 Å². The number of ether oxygens (including phenoxy) is 3. The lowest BCUT2D eigenvalue weighted by molar-refractivity contribution is 0.302. The van der Waals surface area contributed by atoms with Gasteiger partial charge in [-0.3, -0.25) is 0 Å². The van der Waals surface area contributed by atoms with Gasteiger partial charge in [0.15, 0.2) is 0 Å². The Kier molecular flexibility index (Phi) is 7.50. The van der Waals surface area contributed by atoms with Gasteiger partial charge < -0.3 is 19.9 Å². The molecule has 0 radical (unpaired) electrons. The van der Waals surface area contributed by atoms with Crippen LogP contribution >= 0.6 is 31.9 Å². The van der Waals surface area contributed by atoms with E-state index in [4.69, 9.17) is 19.9 Å². The molecule has 1 aliphatic heterocycles. The molecular weight excluding hydrogens is 596 g/mol. The number of allylic oxidation sites excluding steroid dienone is 1. The number of benzene rings is 4. The van der Waals surface area contributed by atoms with Gasteiger partial charge in [0.2, 0.25) is 5.88 Å². The van der Waals surface area contributed by atoms with E-state index in [0.29, 0.717) is 30.3 Å². The predicted molar refractivity (Wildman–Crippen MR) is 149 cm³/mol. The van der Waals surface area contributed by atoms with Crippen molar-refractivity contribution in [2.75, 3.05) is 0 Å². The van der Waals surface area contributed by atoms with E-state index in [2.05, 4.69) is 37.9 Å². The molecule has 1 aliphatic rings. The summed E-state index contributed by atoms with van der Waals surface area (Å²) in [4.78, 5) is 0. The minimum Gasteiger partial charge on any atom is -0.489 e. The van der Waals surface area contributed by atoms with Crippen molar-refractivity contribution >= 4 is 31.9 Å². The van der Waals surface area contributed by atoms with E-state index in [1.807, 2.05) is 91.0 Å². The Balaban J connectivity index is 1.37. The van der Waals surface area contributed by atoms with Gasteiger partial charge >= 0.3 is 0 Å². The number of rotatable bonds is 7.